The predicted molar refractivity (Wildman–Crippen MR) is 78.8 cm³/mol. The van der Waals surface area contributed by atoms with Crippen molar-refractivity contribution in [2.45, 2.75) is 32.7 Å². The van der Waals surface area contributed by atoms with Gasteiger partial charge in [-0.25, -0.2) is 4.39 Å². The van der Waals surface area contributed by atoms with E-state index in [1.165, 1.54) is 12.1 Å². The molecule has 21 heavy (non-hydrogen) atoms. The van der Waals surface area contributed by atoms with Crippen molar-refractivity contribution in [2.24, 2.45) is 5.92 Å². The van der Waals surface area contributed by atoms with Gasteiger partial charge < -0.3 is 10.0 Å². The summed E-state index contributed by atoms with van der Waals surface area (Å²) in [5.41, 5.74) is 1.26. The minimum Gasteiger partial charge on any atom is -0.384 e. The average Bonchev–Trinajstić information content (AvgIpc) is 2.76. The van der Waals surface area contributed by atoms with Crippen LogP contribution in [0.3, 0.4) is 0 Å². The van der Waals surface area contributed by atoms with E-state index in [1.807, 2.05) is 0 Å². The fourth-order valence-corrected chi connectivity index (χ4v) is 2.78. The number of nitrogens with zero attached hydrogens (tertiary/aromatic N) is 1. The topological polar surface area (TPSA) is 40.5 Å². The van der Waals surface area contributed by atoms with Crippen LogP contribution in [0, 0.1) is 23.6 Å². The van der Waals surface area contributed by atoms with Crippen molar-refractivity contribution in [1.82, 2.24) is 4.90 Å². The van der Waals surface area contributed by atoms with Gasteiger partial charge in [-0.15, -0.1) is 0 Å². The first-order valence-electron chi connectivity index (χ1n) is 7.29. The lowest BCUT2D eigenvalue weighted by atomic mass is 10.0. The molecule has 1 atom stereocenters. The van der Waals surface area contributed by atoms with Crippen molar-refractivity contribution in [3.05, 3.63) is 35.1 Å². The van der Waals surface area contributed by atoms with Crippen LogP contribution in [0.1, 0.15) is 37.3 Å². The van der Waals surface area contributed by atoms with E-state index in [2.05, 4.69) is 18.8 Å². The first kappa shape index (κ1) is 15.5. The molecule has 3 nitrogen and oxygen atoms in total. The molecule has 0 aliphatic carbocycles. The smallest absolute Gasteiger partial charge is 0.223 e. The second kappa shape index (κ2) is 7.24. The Labute approximate surface area is 124 Å². The van der Waals surface area contributed by atoms with Gasteiger partial charge in [0.2, 0.25) is 5.91 Å². The number of amides is 1. The monoisotopic (exact) mass is 289 g/mol. The zero-order valence-corrected chi connectivity index (χ0v) is 12.2. The van der Waals surface area contributed by atoms with Crippen LogP contribution >= 0.6 is 0 Å². The molecule has 0 radical (unpaired) electrons. The third kappa shape index (κ3) is 4.30. The average molecular weight is 289 g/mol. The maximum Gasteiger partial charge on any atom is 0.223 e. The van der Waals surface area contributed by atoms with Gasteiger partial charge in [0.05, 0.1) is 0 Å². The standard InChI is InChI=1S/C17H20FNO2/c1-2-4-14-10-17(21)19(11-14)12-15-7-13(5-3-6-20)8-16(18)9-15/h7-9,14,20H,2,4,6,10-12H2,1H3. The number of aliphatic hydroxyl groups is 1. The van der Waals surface area contributed by atoms with E-state index < -0.39 is 0 Å². The number of hydrogen-bond acceptors (Lipinski definition) is 2. The van der Waals surface area contributed by atoms with Gasteiger partial charge in [0.25, 0.3) is 0 Å². The Morgan fingerprint density at radius 1 is 1.43 bits per heavy atom. The van der Waals surface area contributed by atoms with Gasteiger partial charge in [0.1, 0.15) is 12.4 Å². The highest BCUT2D eigenvalue weighted by Crippen LogP contribution is 2.24. The van der Waals surface area contributed by atoms with E-state index in [1.54, 1.807) is 11.0 Å². The molecule has 1 aromatic carbocycles. The highest BCUT2D eigenvalue weighted by atomic mass is 19.1. The van der Waals surface area contributed by atoms with Crippen LogP contribution in [0.2, 0.25) is 0 Å². The predicted octanol–water partition coefficient (Wildman–Crippen LogP) is 2.32. The summed E-state index contributed by atoms with van der Waals surface area (Å²) in [6.07, 6.45) is 2.73. The number of carbonyl (C=O) groups excluding carboxylic acids is 1. The van der Waals surface area contributed by atoms with Crippen LogP contribution in [-0.4, -0.2) is 29.1 Å². The summed E-state index contributed by atoms with van der Waals surface area (Å²) in [4.78, 5) is 13.8. The fraction of sp³-hybridized carbons (Fsp3) is 0.471. The van der Waals surface area contributed by atoms with Gasteiger partial charge in [0.15, 0.2) is 0 Å². The summed E-state index contributed by atoms with van der Waals surface area (Å²) >= 11 is 0. The molecule has 1 unspecified atom stereocenters. The van der Waals surface area contributed by atoms with Gasteiger partial charge in [-0.3, -0.25) is 4.79 Å². The summed E-state index contributed by atoms with van der Waals surface area (Å²) in [5.74, 6) is 5.39. The number of likely N-dealkylation sites (tertiary alicyclic amines) is 1. The van der Waals surface area contributed by atoms with Crippen LogP contribution in [0.15, 0.2) is 18.2 Å². The molecule has 2 rings (SSSR count). The van der Waals surface area contributed by atoms with E-state index >= 15 is 0 Å². The van der Waals surface area contributed by atoms with Gasteiger partial charge >= 0.3 is 0 Å². The van der Waals surface area contributed by atoms with Gasteiger partial charge in [-0.05, 0) is 36.1 Å². The van der Waals surface area contributed by atoms with Crippen LogP contribution < -0.4 is 0 Å². The van der Waals surface area contributed by atoms with Crippen molar-refractivity contribution >= 4 is 5.91 Å². The summed E-state index contributed by atoms with van der Waals surface area (Å²) in [5, 5.41) is 8.69. The van der Waals surface area contributed by atoms with Crippen molar-refractivity contribution in [2.75, 3.05) is 13.2 Å². The molecular weight excluding hydrogens is 269 g/mol. The van der Waals surface area contributed by atoms with Crippen LogP contribution in [0.25, 0.3) is 0 Å². The first-order valence-corrected chi connectivity index (χ1v) is 7.29. The van der Waals surface area contributed by atoms with Crippen molar-refractivity contribution < 1.29 is 14.3 Å². The molecular formula is C17H20FNO2. The third-order valence-corrected chi connectivity index (χ3v) is 3.63. The Morgan fingerprint density at radius 3 is 2.95 bits per heavy atom. The minimum absolute atomic E-state index is 0.140. The van der Waals surface area contributed by atoms with Gasteiger partial charge in [-0.2, -0.15) is 0 Å². The molecule has 0 aromatic heterocycles. The number of benzene rings is 1. The molecule has 4 heteroatoms. The van der Waals surface area contributed by atoms with E-state index in [4.69, 9.17) is 5.11 Å². The Kier molecular flexibility index (Phi) is 5.35. The Bertz CT molecular complexity index is 574. The number of aliphatic hydroxyl groups excluding tert-OH is 1. The van der Waals surface area contributed by atoms with E-state index in [0.29, 0.717) is 24.4 Å². The number of hydrogen-bond donors (Lipinski definition) is 1. The second-order valence-electron chi connectivity index (χ2n) is 5.44. The molecule has 1 aliphatic heterocycles. The van der Waals surface area contributed by atoms with E-state index in [9.17, 15) is 9.18 Å². The number of halogens is 1. The fourth-order valence-electron chi connectivity index (χ4n) is 2.78. The van der Waals surface area contributed by atoms with E-state index in [0.717, 1.165) is 24.9 Å². The van der Waals surface area contributed by atoms with Crippen molar-refractivity contribution in [3.63, 3.8) is 0 Å². The third-order valence-electron chi connectivity index (χ3n) is 3.63. The molecule has 1 amide bonds. The highest BCUT2D eigenvalue weighted by Gasteiger charge is 2.28. The van der Waals surface area contributed by atoms with Crippen molar-refractivity contribution in [1.29, 1.82) is 0 Å². The molecule has 112 valence electrons. The molecule has 1 fully saturated rings. The molecule has 0 spiro atoms. The molecule has 1 saturated heterocycles. The maximum absolute atomic E-state index is 13.6. The lowest BCUT2D eigenvalue weighted by molar-refractivity contribution is -0.128. The number of carbonyl (C=O) groups is 1. The van der Waals surface area contributed by atoms with E-state index in [-0.39, 0.29) is 18.3 Å². The molecule has 1 N–H and O–H groups in total. The SMILES string of the molecule is CCCC1CC(=O)N(Cc2cc(F)cc(C#CCO)c2)C1. The largest absolute Gasteiger partial charge is 0.384 e. The maximum atomic E-state index is 13.6. The van der Waals surface area contributed by atoms with Crippen LogP contribution in [-0.2, 0) is 11.3 Å². The molecule has 1 aromatic rings. The minimum atomic E-state index is -0.369. The Balaban J connectivity index is 2.09. The zero-order chi connectivity index (χ0) is 15.2. The molecule has 1 aliphatic rings. The zero-order valence-electron chi connectivity index (χ0n) is 12.2. The normalized spacial score (nSPS) is 17.8. The molecule has 0 bridgehead atoms. The summed E-state index contributed by atoms with van der Waals surface area (Å²) < 4.78 is 13.6. The Morgan fingerprint density at radius 2 is 2.24 bits per heavy atom. The molecule has 0 saturated carbocycles. The van der Waals surface area contributed by atoms with Gasteiger partial charge in [-0.1, -0.05) is 25.2 Å². The Hall–Kier alpha value is -1.86. The van der Waals surface area contributed by atoms with Gasteiger partial charge in [0, 0.05) is 25.1 Å². The first-order chi connectivity index (χ1) is 10.1. The lowest BCUT2D eigenvalue weighted by Crippen LogP contribution is -2.24. The highest BCUT2D eigenvalue weighted by molar-refractivity contribution is 5.78. The summed E-state index contributed by atoms with van der Waals surface area (Å²) in [6, 6.07) is 4.54. The second-order valence-corrected chi connectivity index (χ2v) is 5.44. The summed E-state index contributed by atoms with van der Waals surface area (Å²) in [6.45, 7) is 3.03. The van der Waals surface area contributed by atoms with Crippen LogP contribution in [0.5, 0.6) is 0 Å². The quantitative estimate of drug-likeness (QED) is 0.864. The van der Waals surface area contributed by atoms with Crippen molar-refractivity contribution in [3.8, 4) is 11.8 Å². The lowest BCUT2D eigenvalue weighted by Gasteiger charge is -2.17. The summed E-state index contributed by atoms with van der Waals surface area (Å²) in [7, 11) is 0. The van der Waals surface area contributed by atoms with Crippen LogP contribution in [0.4, 0.5) is 4.39 Å². The number of rotatable bonds is 4. The molecule has 1 heterocycles.